The van der Waals surface area contributed by atoms with Gasteiger partial charge in [-0.1, -0.05) is 18.2 Å². The lowest BCUT2D eigenvalue weighted by atomic mass is 9.74. The Bertz CT molecular complexity index is 1400. The van der Waals surface area contributed by atoms with Crippen LogP contribution in [0.25, 0.3) is 0 Å². The fourth-order valence-electron chi connectivity index (χ4n) is 5.06. The standard InChI is InChI=1S/C29H34F4N6O4/c1-18-7-8-19(21(30)12-18)14-43-15-22(36-25(41)27(2,3)34)24(40)38-11-9-23-28(16-38,13-20-6-4-5-10-35-20)26(42)39(37-23)17-29(31,32)33/h4-8,10,12,22H,9,11,13-17,34H2,1-3H3,(H,36,41). The highest BCUT2D eigenvalue weighted by molar-refractivity contribution is 6.13. The van der Waals surface area contributed by atoms with E-state index in [1.165, 1.54) is 31.0 Å². The maximum Gasteiger partial charge on any atom is 0.408 e. The second-order valence-electron chi connectivity index (χ2n) is 11.5. The summed E-state index contributed by atoms with van der Waals surface area (Å²) in [5.41, 5.74) is 4.62. The minimum absolute atomic E-state index is 0.0250. The number of pyridine rings is 1. The molecule has 3 amide bonds. The SMILES string of the molecule is Cc1ccc(COCC(NC(=O)C(C)(C)N)C(=O)N2CCC3=NN(CC(F)(F)F)C(=O)C3(Cc3ccccn3)C2)c(F)c1. The van der Waals surface area contributed by atoms with E-state index >= 15 is 0 Å². The van der Waals surface area contributed by atoms with Crippen LogP contribution in [0.3, 0.4) is 0 Å². The molecule has 1 aromatic carbocycles. The normalized spacial score (nSPS) is 19.6. The van der Waals surface area contributed by atoms with E-state index in [0.717, 1.165) is 5.56 Å². The van der Waals surface area contributed by atoms with Gasteiger partial charge in [-0.2, -0.15) is 18.3 Å². The first-order valence-corrected chi connectivity index (χ1v) is 13.7. The maximum absolute atomic E-state index is 14.3. The van der Waals surface area contributed by atoms with Gasteiger partial charge in [-0.15, -0.1) is 0 Å². The summed E-state index contributed by atoms with van der Waals surface area (Å²) in [5.74, 6) is -2.68. The molecule has 3 N–H and O–H groups in total. The summed E-state index contributed by atoms with van der Waals surface area (Å²) in [5, 5.41) is 7.01. The predicted molar refractivity (Wildman–Crippen MR) is 148 cm³/mol. The topological polar surface area (TPSA) is 130 Å². The molecule has 2 aliphatic heterocycles. The number of fused-ring (bicyclic) bond motifs is 1. The molecule has 0 aliphatic carbocycles. The summed E-state index contributed by atoms with van der Waals surface area (Å²) in [6.07, 6.45) is -3.25. The van der Waals surface area contributed by atoms with E-state index in [4.69, 9.17) is 10.5 Å². The zero-order valence-electron chi connectivity index (χ0n) is 24.1. The molecule has 43 heavy (non-hydrogen) atoms. The van der Waals surface area contributed by atoms with Gasteiger partial charge in [0.2, 0.25) is 11.8 Å². The molecule has 14 heteroatoms. The number of benzene rings is 1. The van der Waals surface area contributed by atoms with E-state index in [9.17, 15) is 31.9 Å². The average molecular weight is 607 g/mol. The monoisotopic (exact) mass is 606 g/mol. The molecule has 1 aromatic heterocycles. The number of nitrogens with one attached hydrogen (secondary N) is 1. The van der Waals surface area contributed by atoms with Crippen LogP contribution in [0, 0.1) is 18.2 Å². The Labute approximate surface area is 246 Å². The van der Waals surface area contributed by atoms with Crippen LogP contribution >= 0.6 is 0 Å². The summed E-state index contributed by atoms with van der Waals surface area (Å²) in [7, 11) is 0. The number of ether oxygens (including phenoxy) is 1. The third kappa shape index (κ3) is 7.54. The maximum atomic E-state index is 14.3. The number of piperidine rings is 1. The number of hydrogen-bond acceptors (Lipinski definition) is 7. The van der Waals surface area contributed by atoms with Crippen LogP contribution in [0.2, 0.25) is 0 Å². The molecule has 10 nitrogen and oxygen atoms in total. The van der Waals surface area contributed by atoms with Gasteiger partial charge in [-0.05, 0) is 44.5 Å². The number of hydrazone groups is 1. The smallest absolute Gasteiger partial charge is 0.374 e. The Balaban J connectivity index is 1.59. The third-order valence-electron chi connectivity index (χ3n) is 7.31. The molecule has 3 heterocycles. The van der Waals surface area contributed by atoms with Gasteiger partial charge in [-0.3, -0.25) is 19.4 Å². The zero-order chi connectivity index (χ0) is 31.6. The number of carbonyl (C=O) groups excluding carboxylic acids is 3. The van der Waals surface area contributed by atoms with Gasteiger partial charge < -0.3 is 20.7 Å². The lowest BCUT2D eigenvalue weighted by molar-refractivity contribution is -0.164. The van der Waals surface area contributed by atoms with E-state index in [-0.39, 0.29) is 50.4 Å². The predicted octanol–water partition coefficient (Wildman–Crippen LogP) is 2.49. The highest BCUT2D eigenvalue weighted by Crippen LogP contribution is 2.39. The second kappa shape index (κ2) is 12.4. The van der Waals surface area contributed by atoms with E-state index in [1.807, 2.05) is 0 Å². The van der Waals surface area contributed by atoms with Crippen molar-refractivity contribution in [1.82, 2.24) is 20.2 Å². The van der Waals surface area contributed by atoms with Crippen LogP contribution in [0.4, 0.5) is 17.6 Å². The molecule has 4 rings (SSSR count). The van der Waals surface area contributed by atoms with Crippen molar-refractivity contribution in [1.29, 1.82) is 0 Å². The van der Waals surface area contributed by atoms with Crippen LogP contribution in [0.5, 0.6) is 0 Å². The Hall–Kier alpha value is -3.91. The molecule has 1 saturated heterocycles. The molecule has 0 saturated carbocycles. The van der Waals surface area contributed by atoms with Crippen LogP contribution in [0.15, 0.2) is 47.7 Å². The Morgan fingerprint density at radius 2 is 1.95 bits per heavy atom. The van der Waals surface area contributed by atoms with Crippen molar-refractivity contribution in [2.24, 2.45) is 16.3 Å². The first kappa shape index (κ1) is 32.0. The second-order valence-corrected chi connectivity index (χ2v) is 11.5. The van der Waals surface area contributed by atoms with E-state index in [0.29, 0.717) is 10.7 Å². The molecule has 0 spiro atoms. The van der Waals surface area contributed by atoms with Crippen molar-refractivity contribution in [3.8, 4) is 0 Å². The van der Waals surface area contributed by atoms with Crippen LogP contribution < -0.4 is 11.1 Å². The minimum Gasteiger partial charge on any atom is -0.374 e. The number of rotatable bonds is 10. The summed E-state index contributed by atoms with van der Waals surface area (Å²) in [6.45, 7) is 2.25. The number of amides is 3. The number of alkyl halides is 3. The van der Waals surface area contributed by atoms with E-state index in [2.05, 4.69) is 15.4 Å². The van der Waals surface area contributed by atoms with Gasteiger partial charge in [0.15, 0.2) is 0 Å². The highest BCUT2D eigenvalue weighted by atomic mass is 19.4. The van der Waals surface area contributed by atoms with Crippen molar-refractivity contribution >= 4 is 23.4 Å². The van der Waals surface area contributed by atoms with Crippen molar-refractivity contribution in [2.45, 2.75) is 58.0 Å². The van der Waals surface area contributed by atoms with Gasteiger partial charge in [0.25, 0.3) is 5.91 Å². The number of halogens is 4. The summed E-state index contributed by atoms with van der Waals surface area (Å²) in [4.78, 5) is 45.8. The molecule has 2 aliphatic rings. The van der Waals surface area contributed by atoms with E-state index < -0.39 is 53.3 Å². The Morgan fingerprint density at radius 3 is 2.58 bits per heavy atom. The Kier molecular flexibility index (Phi) is 9.21. The fourth-order valence-corrected chi connectivity index (χ4v) is 5.06. The fraction of sp³-hybridized carbons (Fsp3) is 0.483. The summed E-state index contributed by atoms with van der Waals surface area (Å²) >= 11 is 0. The largest absolute Gasteiger partial charge is 0.408 e. The molecule has 2 aromatic rings. The average Bonchev–Trinajstić information content (AvgIpc) is 3.17. The lowest BCUT2D eigenvalue weighted by Gasteiger charge is -2.40. The van der Waals surface area contributed by atoms with Crippen molar-refractivity contribution < 1.29 is 36.7 Å². The molecule has 232 valence electrons. The molecule has 0 radical (unpaired) electrons. The van der Waals surface area contributed by atoms with E-state index in [1.54, 1.807) is 37.3 Å². The van der Waals surface area contributed by atoms with Crippen molar-refractivity contribution in [2.75, 3.05) is 26.2 Å². The zero-order valence-corrected chi connectivity index (χ0v) is 24.1. The number of carbonyl (C=O) groups is 3. The number of nitrogens with two attached hydrogens (primary N) is 1. The number of aryl methyl sites for hydroxylation is 1. The third-order valence-corrected chi connectivity index (χ3v) is 7.31. The van der Waals surface area contributed by atoms with Crippen molar-refractivity contribution in [3.63, 3.8) is 0 Å². The van der Waals surface area contributed by atoms with Gasteiger partial charge in [0.1, 0.15) is 23.8 Å². The Morgan fingerprint density at radius 1 is 1.21 bits per heavy atom. The molecule has 2 unspecified atom stereocenters. The van der Waals surface area contributed by atoms with Gasteiger partial charge in [0, 0.05) is 43.4 Å². The first-order chi connectivity index (χ1) is 20.1. The van der Waals surface area contributed by atoms with Crippen LogP contribution in [-0.2, 0) is 32.1 Å². The van der Waals surface area contributed by atoms with Gasteiger partial charge >= 0.3 is 6.18 Å². The number of nitrogens with zero attached hydrogens (tertiary/aromatic N) is 4. The van der Waals surface area contributed by atoms with Crippen molar-refractivity contribution in [3.05, 3.63) is 65.2 Å². The van der Waals surface area contributed by atoms with Crippen LogP contribution in [-0.4, -0.2) is 82.3 Å². The number of hydrogen-bond donors (Lipinski definition) is 2. The number of aromatic nitrogens is 1. The molecule has 2 atom stereocenters. The lowest BCUT2D eigenvalue weighted by Crippen LogP contribution is -2.62. The van der Waals surface area contributed by atoms with Gasteiger partial charge in [-0.25, -0.2) is 9.40 Å². The quantitative estimate of drug-likeness (QED) is 0.400. The summed E-state index contributed by atoms with van der Waals surface area (Å²) < 4.78 is 59.9. The molecular weight excluding hydrogens is 572 g/mol. The summed E-state index contributed by atoms with van der Waals surface area (Å²) in [6, 6.07) is 8.30. The minimum atomic E-state index is -4.69. The molecule has 0 bridgehead atoms. The van der Waals surface area contributed by atoms with Gasteiger partial charge in [0.05, 0.1) is 24.5 Å². The first-order valence-electron chi connectivity index (χ1n) is 13.7. The molecule has 1 fully saturated rings. The highest BCUT2D eigenvalue weighted by Gasteiger charge is 2.56. The number of likely N-dealkylation sites (tertiary alicyclic amines) is 1. The van der Waals surface area contributed by atoms with Crippen LogP contribution in [0.1, 0.15) is 37.1 Å². The molecular formula is C29H34F4N6O4.